The van der Waals surface area contributed by atoms with Crippen LogP contribution in [0.3, 0.4) is 0 Å². The molecule has 0 aromatic heterocycles. The minimum atomic E-state index is -0.0270. The van der Waals surface area contributed by atoms with Crippen molar-refractivity contribution in [3.63, 3.8) is 0 Å². The molecule has 0 radical (unpaired) electrons. The minimum absolute atomic E-state index is 0.0270. The lowest BCUT2D eigenvalue weighted by Crippen LogP contribution is -2.35. The average molecular weight is 377 g/mol. The molecule has 1 heterocycles. The highest BCUT2D eigenvalue weighted by Gasteiger charge is 2.25. The zero-order valence-corrected chi connectivity index (χ0v) is 16.4. The molecule has 1 amide bonds. The van der Waals surface area contributed by atoms with Crippen LogP contribution in [0.5, 0.6) is 5.75 Å². The Hall–Kier alpha value is -2.62. The van der Waals surface area contributed by atoms with Crippen LogP contribution < -0.4 is 10.1 Å². The number of fused-ring (bicyclic) bond motifs is 1. The molecule has 0 bridgehead atoms. The lowest BCUT2D eigenvalue weighted by molar-refractivity contribution is -0.122. The van der Waals surface area contributed by atoms with Crippen LogP contribution in [0.2, 0.25) is 0 Å². The highest BCUT2D eigenvalue weighted by molar-refractivity contribution is 6.00. The van der Waals surface area contributed by atoms with Crippen molar-refractivity contribution in [2.75, 3.05) is 6.54 Å². The normalized spacial score (nSPS) is 18.5. The van der Waals surface area contributed by atoms with Gasteiger partial charge in [-0.15, -0.1) is 0 Å². The summed E-state index contributed by atoms with van der Waals surface area (Å²) in [6.45, 7) is 2.14. The molecule has 146 valence electrons. The molecule has 4 rings (SSSR count). The molecule has 1 fully saturated rings. The van der Waals surface area contributed by atoms with Crippen LogP contribution in [0, 0.1) is 5.92 Å². The van der Waals surface area contributed by atoms with Crippen molar-refractivity contribution in [1.29, 1.82) is 0 Å². The first-order valence-electron chi connectivity index (χ1n) is 10.3. The molecule has 4 heteroatoms. The van der Waals surface area contributed by atoms with Crippen LogP contribution in [-0.4, -0.2) is 24.3 Å². The van der Waals surface area contributed by atoms with Gasteiger partial charge in [-0.1, -0.05) is 43.2 Å². The molecule has 0 spiro atoms. The van der Waals surface area contributed by atoms with E-state index >= 15 is 0 Å². The second-order valence-corrected chi connectivity index (χ2v) is 8.03. The van der Waals surface area contributed by atoms with E-state index in [1.807, 2.05) is 36.4 Å². The molecule has 1 aliphatic carbocycles. The largest absolute Gasteiger partial charge is 0.488 e. The first kappa shape index (κ1) is 18.7. The predicted octanol–water partition coefficient (Wildman–Crippen LogP) is 4.56. The number of benzene rings is 2. The summed E-state index contributed by atoms with van der Waals surface area (Å²) < 4.78 is 6.01. The van der Waals surface area contributed by atoms with Crippen LogP contribution in [0.15, 0.2) is 42.5 Å². The molecule has 1 atom stereocenters. The Morgan fingerprint density at radius 1 is 1.11 bits per heavy atom. The van der Waals surface area contributed by atoms with Crippen LogP contribution >= 0.6 is 0 Å². The van der Waals surface area contributed by atoms with E-state index in [1.165, 1.54) is 25.7 Å². The zero-order valence-electron chi connectivity index (χ0n) is 16.4. The van der Waals surface area contributed by atoms with Gasteiger partial charge in [0.15, 0.2) is 5.78 Å². The van der Waals surface area contributed by atoms with E-state index in [-0.39, 0.29) is 17.8 Å². The van der Waals surface area contributed by atoms with Crippen LogP contribution in [0.25, 0.3) is 11.1 Å². The number of hydrogen-bond donors (Lipinski definition) is 1. The smallest absolute Gasteiger partial charge is 0.220 e. The van der Waals surface area contributed by atoms with E-state index in [1.54, 1.807) is 6.92 Å². The number of rotatable bonds is 6. The van der Waals surface area contributed by atoms with Crippen molar-refractivity contribution in [3.05, 3.63) is 53.6 Å². The van der Waals surface area contributed by atoms with Gasteiger partial charge >= 0.3 is 0 Å². The zero-order chi connectivity index (χ0) is 19.5. The Kier molecular flexibility index (Phi) is 5.47. The van der Waals surface area contributed by atoms with Gasteiger partial charge < -0.3 is 10.1 Å². The second kappa shape index (κ2) is 8.17. The van der Waals surface area contributed by atoms with E-state index in [2.05, 4.69) is 11.4 Å². The minimum Gasteiger partial charge on any atom is -0.488 e. The fraction of sp³-hybridized carbons (Fsp3) is 0.417. The third-order valence-corrected chi connectivity index (χ3v) is 5.89. The third-order valence-electron chi connectivity index (χ3n) is 5.89. The van der Waals surface area contributed by atoms with Gasteiger partial charge in [0, 0.05) is 18.4 Å². The topological polar surface area (TPSA) is 55.4 Å². The summed E-state index contributed by atoms with van der Waals surface area (Å²) in [5, 5.41) is 3.05. The maximum absolute atomic E-state index is 12.2. The fourth-order valence-electron chi connectivity index (χ4n) is 4.42. The number of carbonyl (C=O) groups is 2. The first-order chi connectivity index (χ1) is 13.6. The average Bonchev–Trinajstić information content (AvgIpc) is 3.35. The molecule has 4 nitrogen and oxygen atoms in total. The van der Waals surface area contributed by atoms with E-state index in [0.717, 1.165) is 34.4 Å². The standard InChI is InChI=1S/C24H27NO3/c1-16(26)21-8-4-5-9-22(21)18-10-11-23-19(13-18)14-20(28-23)15-25-24(27)12-17-6-2-3-7-17/h4-5,8-11,13,17,20H,2-3,6-7,12,14-15H2,1H3,(H,25,27)/t20-/m1/s1. The Labute approximate surface area is 166 Å². The maximum atomic E-state index is 12.2. The molecule has 28 heavy (non-hydrogen) atoms. The maximum Gasteiger partial charge on any atom is 0.220 e. The van der Waals surface area contributed by atoms with Crippen molar-refractivity contribution in [2.24, 2.45) is 5.92 Å². The second-order valence-electron chi connectivity index (χ2n) is 8.03. The summed E-state index contributed by atoms with van der Waals surface area (Å²) in [4.78, 5) is 24.1. The van der Waals surface area contributed by atoms with Gasteiger partial charge in [-0.05, 0) is 54.5 Å². The van der Waals surface area contributed by atoms with Crippen molar-refractivity contribution in [3.8, 4) is 16.9 Å². The highest BCUT2D eigenvalue weighted by atomic mass is 16.5. The number of carbonyl (C=O) groups excluding carboxylic acids is 2. The van der Waals surface area contributed by atoms with Crippen LogP contribution in [0.4, 0.5) is 0 Å². The number of ether oxygens (including phenoxy) is 1. The SMILES string of the molecule is CC(=O)c1ccccc1-c1ccc2c(c1)C[C@H](CNC(=O)CC1CCCC1)O2. The quantitative estimate of drug-likeness (QED) is 0.751. The van der Waals surface area contributed by atoms with Gasteiger partial charge in [-0.2, -0.15) is 0 Å². The molecule has 0 saturated heterocycles. The van der Waals surface area contributed by atoms with E-state index in [9.17, 15) is 9.59 Å². The summed E-state index contributed by atoms with van der Waals surface area (Å²) in [5.74, 6) is 1.64. The van der Waals surface area contributed by atoms with Gasteiger partial charge in [0.1, 0.15) is 11.9 Å². The number of hydrogen-bond acceptors (Lipinski definition) is 3. The van der Waals surface area contributed by atoms with Gasteiger partial charge in [0.25, 0.3) is 0 Å². The van der Waals surface area contributed by atoms with Gasteiger partial charge in [-0.25, -0.2) is 0 Å². The molecule has 1 saturated carbocycles. The Morgan fingerprint density at radius 3 is 2.68 bits per heavy atom. The lowest BCUT2D eigenvalue weighted by atomic mass is 9.95. The van der Waals surface area contributed by atoms with Crippen molar-refractivity contribution in [2.45, 2.75) is 51.6 Å². The van der Waals surface area contributed by atoms with Gasteiger partial charge in [-0.3, -0.25) is 9.59 Å². The summed E-state index contributed by atoms with van der Waals surface area (Å²) in [6.07, 6.45) is 6.27. The summed E-state index contributed by atoms with van der Waals surface area (Å²) in [7, 11) is 0. The van der Waals surface area contributed by atoms with Crippen molar-refractivity contribution in [1.82, 2.24) is 5.32 Å². The molecule has 2 aromatic carbocycles. The third kappa shape index (κ3) is 4.11. The first-order valence-corrected chi connectivity index (χ1v) is 10.3. The lowest BCUT2D eigenvalue weighted by Gasteiger charge is -2.13. The number of amides is 1. The molecule has 2 aromatic rings. The summed E-state index contributed by atoms with van der Waals surface area (Å²) in [5.41, 5.74) is 3.84. The van der Waals surface area contributed by atoms with Crippen molar-refractivity contribution >= 4 is 11.7 Å². The number of Topliss-reactive ketones (excluding diaryl/α,β-unsaturated/α-hetero) is 1. The van der Waals surface area contributed by atoms with E-state index < -0.39 is 0 Å². The molecule has 1 aliphatic heterocycles. The molecular weight excluding hydrogens is 350 g/mol. The van der Waals surface area contributed by atoms with Gasteiger partial charge in [0.2, 0.25) is 5.91 Å². The Balaban J connectivity index is 1.39. The number of nitrogens with one attached hydrogen (secondary N) is 1. The summed E-state index contributed by atoms with van der Waals surface area (Å²) in [6, 6.07) is 13.8. The van der Waals surface area contributed by atoms with Crippen LogP contribution in [-0.2, 0) is 11.2 Å². The van der Waals surface area contributed by atoms with Crippen molar-refractivity contribution < 1.29 is 14.3 Å². The monoisotopic (exact) mass is 377 g/mol. The Bertz CT molecular complexity index is 883. The fourth-order valence-corrected chi connectivity index (χ4v) is 4.42. The molecular formula is C24H27NO3. The molecule has 1 N–H and O–H groups in total. The van der Waals surface area contributed by atoms with Crippen LogP contribution in [0.1, 0.15) is 54.9 Å². The van der Waals surface area contributed by atoms with E-state index in [0.29, 0.717) is 18.9 Å². The van der Waals surface area contributed by atoms with Gasteiger partial charge in [0.05, 0.1) is 6.54 Å². The molecule has 2 aliphatic rings. The summed E-state index contributed by atoms with van der Waals surface area (Å²) >= 11 is 0. The number of ketones is 1. The molecule has 0 unspecified atom stereocenters. The van der Waals surface area contributed by atoms with E-state index in [4.69, 9.17) is 4.74 Å². The highest BCUT2D eigenvalue weighted by Crippen LogP contribution is 2.34. The Morgan fingerprint density at radius 2 is 1.89 bits per heavy atom. The predicted molar refractivity (Wildman–Crippen MR) is 110 cm³/mol.